The van der Waals surface area contributed by atoms with Crippen LogP contribution in [0.25, 0.3) is 0 Å². The zero-order chi connectivity index (χ0) is 32.7. The predicted molar refractivity (Wildman–Crippen MR) is 180 cm³/mol. The molecule has 0 saturated carbocycles. The summed E-state index contributed by atoms with van der Waals surface area (Å²) in [6.07, 6.45) is 21.1. The maximum Gasteiger partial charge on any atom is 0.411 e. The molecule has 1 fully saturated rings. The Morgan fingerprint density at radius 2 is 1.36 bits per heavy atom. The molecule has 1 atom stereocenters. The van der Waals surface area contributed by atoms with Gasteiger partial charge in [-0.3, -0.25) is 19.8 Å². The Balaban J connectivity index is 1.54. The SMILES string of the molecule is CCCCCCCCCCCCCCCCCC(=O)OC(C)COC(=O)Nc1cccc(NC(=O)N2CCCCCC2=O)c1C. The third-order valence-corrected chi connectivity index (χ3v) is 8.40. The van der Waals surface area contributed by atoms with Crippen LogP contribution in [0, 0.1) is 6.92 Å². The van der Waals surface area contributed by atoms with Crippen LogP contribution in [0.1, 0.15) is 148 Å². The Kier molecular flexibility index (Phi) is 19.7. The monoisotopic (exact) mass is 629 g/mol. The van der Waals surface area contributed by atoms with E-state index in [2.05, 4.69) is 17.6 Å². The zero-order valence-electron chi connectivity index (χ0n) is 28.3. The van der Waals surface area contributed by atoms with E-state index in [1.807, 2.05) is 0 Å². The second-order valence-electron chi connectivity index (χ2n) is 12.5. The summed E-state index contributed by atoms with van der Waals surface area (Å²) >= 11 is 0. The van der Waals surface area contributed by atoms with Crippen molar-refractivity contribution in [2.45, 2.75) is 155 Å². The van der Waals surface area contributed by atoms with Crippen LogP contribution in [-0.4, -0.2) is 48.2 Å². The summed E-state index contributed by atoms with van der Waals surface area (Å²) in [5.74, 6) is -0.450. The van der Waals surface area contributed by atoms with Gasteiger partial charge in [0.05, 0.1) is 0 Å². The minimum absolute atomic E-state index is 0.0665. The van der Waals surface area contributed by atoms with Crippen LogP contribution in [0.2, 0.25) is 0 Å². The van der Waals surface area contributed by atoms with E-state index in [-0.39, 0.29) is 18.5 Å². The fraction of sp³-hybridized carbons (Fsp3) is 0.722. The van der Waals surface area contributed by atoms with Crippen molar-refractivity contribution in [3.05, 3.63) is 23.8 Å². The van der Waals surface area contributed by atoms with Crippen LogP contribution in [0.5, 0.6) is 0 Å². The first-order chi connectivity index (χ1) is 21.8. The number of imide groups is 1. The van der Waals surface area contributed by atoms with Crippen molar-refractivity contribution in [2.24, 2.45) is 0 Å². The summed E-state index contributed by atoms with van der Waals surface area (Å²) in [5, 5.41) is 5.47. The van der Waals surface area contributed by atoms with Crippen molar-refractivity contribution in [3.8, 4) is 0 Å². The Labute approximate surface area is 271 Å². The Morgan fingerprint density at radius 3 is 1.96 bits per heavy atom. The summed E-state index contributed by atoms with van der Waals surface area (Å²) < 4.78 is 10.7. The van der Waals surface area contributed by atoms with Crippen LogP contribution < -0.4 is 10.6 Å². The third-order valence-electron chi connectivity index (χ3n) is 8.40. The molecular formula is C36H59N3O6. The molecule has 0 radical (unpaired) electrons. The highest BCUT2D eigenvalue weighted by molar-refractivity contribution is 6.02. The molecule has 1 aromatic rings. The van der Waals surface area contributed by atoms with Gasteiger partial charge in [0.15, 0.2) is 0 Å². The fourth-order valence-electron chi connectivity index (χ4n) is 5.58. The smallest absolute Gasteiger partial charge is 0.411 e. The van der Waals surface area contributed by atoms with Gasteiger partial charge >= 0.3 is 18.1 Å². The van der Waals surface area contributed by atoms with Crippen molar-refractivity contribution >= 4 is 35.4 Å². The van der Waals surface area contributed by atoms with Gasteiger partial charge in [-0.1, -0.05) is 109 Å². The zero-order valence-corrected chi connectivity index (χ0v) is 28.3. The Bertz CT molecular complexity index is 1030. The molecule has 1 aliphatic heterocycles. The third kappa shape index (κ3) is 16.7. The molecule has 0 aromatic heterocycles. The van der Waals surface area contributed by atoms with E-state index in [9.17, 15) is 19.2 Å². The highest BCUT2D eigenvalue weighted by atomic mass is 16.6. The molecule has 1 heterocycles. The molecule has 0 bridgehead atoms. The number of anilines is 2. The molecule has 1 aliphatic rings. The van der Waals surface area contributed by atoms with Crippen LogP contribution in [-0.2, 0) is 19.1 Å². The number of esters is 1. The lowest BCUT2D eigenvalue weighted by Crippen LogP contribution is -2.39. The molecule has 4 amide bonds. The number of ether oxygens (including phenoxy) is 2. The summed E-state index contributed by atoms with van der Waals surface area (Å²) in [4.78, 5) is 50.9. The molecule has 2 rings (SSSR count). The first-order valence-corrected chi connectivity index (χ1v) is 17.7. The van der Waals surface area contributed by atoms with Gasteiger partial charge in [0.25, 0.3) is 0 Å². The standard InChI is InChI=1S/C36H59N3O6/c1-4-5-6-7-8-9-10-11-12-13-14-15-16-17-20-26-34(41)45-29(2)28-44-36(43)38-32-24-22-23-31(30(32)3)37-35(42)39-27-21-18-19-25-33(39)40/h22-24,29H,4-21,25-28H2,1-3H3,(H,37,42)(H,38,43). The van der Waals surface area contributed by atoms with Crippen molar-refractivity contribution < 1.29 is 28.7 Å². The number of amides is 4. The summed E-state index contributed by atoms with van der Waals surface area (Å²) in [5.41, 5.74) is 1.60. The first kappa shape index (κ1) is 38.1. The number of likely N-dealkylation sites (tertiary alicyclic amines) is 1. The number of nitrogens with zero attached hydrogens (tertiary/aromatic N) is 1. The van der Waals surface area contributed by atoms with Gasteiger partial charge in [0.1, 0.15) is 12.7 Å². The van der Waals surface area contributed by atoms with E-state index in [0.717, 1.165) is 38.5 Å². The van der Waals surface area contributed by atoms with E-state index in [4.69, 9.17) is 9.47 Å². The largest absolute Gasteiger partial charge is 0.459 e. The normalized spacial score (nSPS) is 14.0. The minimum Gasteiger partial charge on any atom is -0.459 e. The van der Waals surface area contributed by atoms with Crippen LogP contribution in [0.15, 0.2) is 18.2 Å². The number of carbonyl (C=O) groups is 4. The molecule has 1 unspecified atom stereocenters. The average Bonchev–Trinajstić information content (AvgIpc) is 3.24. The second kappa shape index (κ2) is 23.3. The Morgan fingerprint density at radius 1 is 0.800 bits per heavy atom. The molecule has 9 nitrogen and oxygen atoms in total. The van der Waals surface area contributed by atoms with Crippen molar-refractivity contribution in [1.29, 1.82) is 0 Å². The molecule has 2 N–H and O–H groups in total. The number of nitrogens with one attached hydrogen (secondary N) is 2. The number of unbranched alkanes of at least 4 members (excludes halogenated alkanes) is 14. The van der Waals surface area contributed by atoms with Crippen LogP contribution in [0.3, 0.4) is 0 Å². The van der Waals surface area contributed by atoms with Crippen LogP contribution >= 0.6 is 0 Å². The summed E-state index contributed by atoms with van der Waals surface area (Å²) in [7, 11) is 0. The highest BCUT2D eigenvalue weighted by Crippen LogP contribution is 2.24. The van der Waals surface area contributed by atoms with Gasteiger partial charge in [-0.2, -0.15) is 0 Å². The molecule has 254 valence electrons. The van der Waals surface area contributed by atoms with E-state index in [1.54, 1.807) is 32.0 Å². The second-order valence-corrected chi connectivity index (χ2v) is 12.5. The van der Waals surface area contributed by atoms with Gasteiger partial charge < -0.3 is 14.8 Å². The van der Waals surface area contributed by atoms with Gasteiger partial charge in [-0.25, -0.2) is 9.59 Å². The predicted octanol–water partition coefficient (Wildman–Crippen LogP) is 9.67. The van der Waals surface area contributed by atoms with Gasteiger partial charge in [-0.15, -0.1) is 0 Å². The maximum absolute atomic E-state index is 12.7. The maximum atomic E-state index is 12.7. The number of hydrogen-bond acceptors (Lipinski definition) is 6. The number of rotatable bonds is 21. The topological polar surface area (TPSA) is 114 Å². The number of hydrogen-bond donors (Lipinski definition) is 2. The van der Waals surface area contributed by atoms with Crippen molar-refractivity contribution in [1.82, 2.24) is 4.90 Å². The van der Waals surface area contributed by atoms with Gasteiger partial charge in [0, 0.05) is 30.8 Å². The molecule has 9 heteroatoms. The molecular weight excluding hydrogens is 570 g/mol. The van der Waals surface area contributed by atoms with Gasteiger partial charge in [-0.05, 0) is 50.8 Å². The van der Waals surface area contributed by atoms with Gasteiger partial charge in [0.2, 0.25) is 5.91 Å². The molecule has 1 aromatic carbocycles. The van der Waals surface area contributed by atoms with E-state index < -0.39 is 18.2 Å². The molecule has 45 heavy (non-hydrogen) atoms. The van der Waals surface area contributed by atoms with E-state index in [1.165, 1.54) is 81.9 Å². The summed E-state index contributed by atoms with van der Waals surface area (Å²) in [6.45, 7) is 6.05. The highest BCUT2D eigenvalue weighted by Gasteiger charge is 2.24. The fourth-order valence-corrected chi connectivity index (χ4v) is 5.58. The number of benzene rings is 1. The number of carbonyl (C=O) groups excluding carboxylic acids is 4. The van der Waals surface area contributed by atoms with E-state index in [0.29, 0.717) is 36.3 Å². The Hall–Kier alpha value is -3.10. The average molecular weight is 630 g/mol. The lowest BCUT2D eigenvalue weighted by molar-refractivity contribution is -0.150. The van der Waals surface area contributed by atoms with Crippen molar-refractivity contribution in [2.75, 3.05) is 23.8 Å². The van der Waals surface area contributed by atoms with Crippen LogP contribution in [0.4, 0.5) is 21.0 Å². The van der Waals surface area contributed by atoms with E-state index >= 15 is 0 Å². The lowest BCUT2D eigenvalue weighted by Gasteiger charge is -2.20. The first-order valence-electron chi connectivity index (χ1n) is 17.7. The van der Waals surface area contributed by atoms with Crippen molar-refractivity contribution in [3.63, 3.8) is 0 Å². The summed E-state index contributed by atoms with van der Waals surface area (Å²) in [6, 6.07) is 4.64. The minimum atomic E-state index is -0.686. The lowest BCUT2D eigenvalue weighted by atomic mass is 10.0. The number of urea groups is 1. The quantitative estimate of drug-likeness (QED) is 0.103. The molecule has 1 saturated heterocycles. The molecule has 0 spiro atoms. The molecule has 0 aliphatic carbocycles.